The van der Waals surface area contributed by atoms with E-state index in [-0.39, 0.29) is 0 Å². The van der Waals surface area contributed by atoms with E-state index in [1.807, 2.05) is 14.1 Å². The normalized spacial score (nSPS) is 10.3. The largest absolute Gasteiger partial charge is 0.300 e. The molecule has 0 aromatic carbocycles. The summed E-state index contributed by atoms with van der Waals surface area (Å²) >= 11 is 0. The zero-order valence-corrected chi connectivity index (χ0v) is 4.91. The Morgan fingerprint density at radius 3 is 1.86 bits per heavy atom. The molecule has 0 bridgehead atoms. The molecule has 2 heteroatoms. The Morgan fingerprint density at radius 1 is 1.43 bits per heavy atom. The lowest BCUT2D eigenvalue weighted by Crippen LogP contribution is -2.27. The zero-order valence-electron chi connectivity index (χ0n) is 4.91. The molecular formula is C5H12N2. The third kappa shape index (κ3) is 2.60. The summed E-state index contributed by atoms with van der Waals surface area (Å²) in [6.07, 6.45) is 1.87. The average molecular weight is 100 g/mol. The molecule has 0 amide bonds. The van der Waals surface area contributed by atoms with Gasteiger partial charge in [-0.3, -0.25) is 10.6 Å². The van der Waals surface area contributed by atoms with E-state index in [0.29, 0.717) is 0 Å². The lowest BCUT2D eigenvalue weighted by molar-refractivity contribution is 0.652. The lowest BCUT2D eigenvalue weighted by atomic mass is 10.4. The van der Waals surface area contributed by atoms with Crippen LogP contribution < -0.4 is 10.6 Å². The molecule has 0 aliphatic carbocycles. The van der Waals surface area contributed by atoms with Crippen LogP contribution in [0.3, 0.4) is 0 Å². The molecule has 0 aliphatic heterocycles. The van der Waals surface area contributed by atoms with Crippen molar-refractivity contribution in [2.24, 2.45) is 0 Å². The summed E-state index contributed by atoms with van der Waals surface area (Å²) in [7, 11) is 3.74. The minimum Gasteiger partial charge on any atom is -0.300 e. The first-order valence-corrected chi connectivity index (χ1v) is 2.35. The van der Waals surface area contributed by atoms with Gasteiger partial charge in [0, 0.05) is 0 Å². The Morgan fingerprint density at radius 2 is 1.86 bits per heavy atom. The van der Waals surface area contributed by atoms with E-state index in [0.717, 1.165) is 12.6 Å². The lowest BCUT2D eigenvalue weighted by Gasteiger charge is -2.08. The first kappa shape index (κ1) is 6.92. The molecule has 0 fully saturated rings. The Kier molecular flexibility index (Phi) is 4.04. The van der Waals surface area contributed by atoms with Crippen molar-refractivity contribution in [2.75, 3.05) is 14.1 Å². The second kappa shape index (κ2) is 4.09. The molecule has 0 spiro atoms. The van der Waals surface area contributed by atoms with E-state index in [1.54, 1.807) is 0 Å². The van der Waals surface area contributed by atoms with E-state index >= 15 is 0 Å². The third-order valence-corrected chi connectivity index (χ3v) is 0.854. The number of rotatable bonds is 3. The smallest absolute Gasteiger partial charge is 0.101 e. The van der Waals surface area contributed by atoms with Crippen LogP contribution >= 0.6 is 0 Å². The Hall–Kier alpha value is -0.0800. The fraction of sp³-hybridized carbons (Fsp3) is 0.600. The van der Waals surface area contributed by atoms with Crippen molar-refractivity contribution in [3.63, 3.8) is 0 Å². The average Bonchev–Trinajstić information content (AvgIpc) is 1.72. The summed E-state index contributed by atoms with van der Waals surface area (Å²) in [5.74, 6) is 0. The predicted molar refractivity (Wildman–Crippen MR) is 31.3 cm³/mol. The van der Waals surface area contributed by atoms with Gasteiger partial charge in [0.15, 0.2) is 0 Å². The van der Waals surface area contributed by atoms with Gasteiger partial charge in [-0.15, -0.1) is 0 Å². The number of nitrogens with one attached hydrogen (secondary N) is 2. The van der Waals surface area contributed by atoms with Gasteiger partial charge in [0.2, 0.25) is 0 Å². The molecule has 0 heterocycles. The topological polar surface area (TPSA) is 24.1 Å². The van der Waals surface area contributed by atoms with Crippen molar-refractivity contribution in [1.82, 2.24) is 10.6 Å². The van der Waals surface area contributed by atoms with E-state index in [2.05, 4.69) is 17.6 Å². The molecular weight excluding hydrogens is 88.1 g/mol. The van der Waals surface area contributed by atoms with Crippen molar-refractivity contribution in [2.45, 2.75) is 6.42 Å². The van der Waals surface area contributed by atoms with Gasteiger partial charge in [-0.2, -0.15) is 0 Å². The maximum Gasteiger partial charge on any atom is 0.101 e. The van der Waals surface area contributed by atoms with E-state index in [1.165, 1.54) is 0 Å². The van der Waals surface area contributed by atoms with Crippen LogP contribution in [0.25, 0.3) is 0 Å². The van der Waals surface area contributed by atoms with Gasteiger partial charge in [0.05, 0.1) is 0 Å². The van der Waals surface area contributed by atoms with Gasteiger partial charge >= 0.3 is 0 Å². The van der Waals surface area contributed by atoms with Crippen molar-refractivity contribution in [3.05, 3.63) is 13.1 Å². The molecule has 0 aromatic heterocycles. The number of hydrogen-bond donors (Lipinski definition) is 2. The minimum absolute atomic E-state index is 0.799. The molecule has 2 nitrogen and oxygen atoms in total. The summed E-state index contributed by atoms with van der Waals surface area (Å²) in [5.41, 5.74) is 0. The summed E-state index contributed by atoms with van der Waals surface area (Å²) in [4.78, 5) is 0. The minimum atomic E-state index is 0.799. The molecule has 0 atom stereocenters. The summed E-state index contributed by atoms with van der Waals surface area (Å²) in [5, 5.41) is 5.89. The molecule has 0 aliphatic rings. The van der Waals surface area contributed by atoms with Crippen LogP contribution in [0.5, 0.6) is 0 Å². The zero-order chi connectivity index (χ0) is 5.70. The fourth-order valence-electron chi connectivity index (χ4n) is 0.375. The van der Waals surface area contributed by atoms with Crippen molar-refractivity contribution in [3.8, 4) is 0 Å². The standard InChI is InChI=1S/C5H12N2/c1-4-5(6-2)7-3/h6-7H,1,4H2,2-3H3. The quantitative estimate of drug-likeness (QED) is 0.527. The summed E-state index contributed by atoms with van der Waals surface area (Å²) in [6, 6.07) is 0. The van der Waals surface area contributed by atoms with Crippen LogP contribution in [-0.4, -0.2) is 14.1 Å². The maximum atomic E-state index is 3.67. The van der Waals surface area contributed by atoms with Crippen LogP contribution in [0.4, 0.5) is 0 Å². The molecule has 2 N–H and O–H groups in total. The van der Waals surface area contributed by atoms with Crippen LogP contribution in [0.1, 0.15) is 6.42 Å². The van der Waals surface area contributed by atoms with Crippen molar-refractivity contribution >= 4 is 0 Å². The molecule has 7 heavy (non-hydrogen) atoms. The number of hydrogen-bond acceptors (Lipinski definition) is 2. The Bertz CT molecular complexity index is 27.6. The van der Waals surface area contributed by atoms with E-state index in [9.17, 15) is 0 Å². The van der Waals surface area contributed by atoms with Gasteiger partial charge in [-0.05, 0) is 20.5 Å². The van der Waals surface area contributed by atoms with Gasteiger partial charge in [0.25, 0.3) is 0 Å². The fourth-order valence-corrected chi connectivity index (χ4v) is 0.375. The van der Waals surface area contributed by atoms with Gasteiger partial charge in [-0.1, -0.05) is 6.92 Å². The molecule has 2 radical (unpaired) electrons. The van der Waals surface area contributed by atoms with Gasteiger partial charge in [0.1, 0.15) is 6.17 Å². The SMILES string of the molecule is [CH2]C[C](NC)NC. The Labute approximate surface area is 45.3 Å². The van der Waals surface area contributed by atoms with Crippen LogP contribution in [0.2, 0.25) is 0 Å². The molecule has 0 rings (SSSR count). The first-order valence-electron chi connectivity index (χ1n) is 2.35. The highest BCUT2D eigenvalue weighted by Gasteiger charge is 1.94. The van der Waals surface area contributed by atoms with Gasteiger partial charge < -0.3 is 0 Å². The molecule has 0 aromatic rings. The third-order valence-electron chi connectivity index (χ3n) is 0.854. The predicted octanol–water partition coefficient (Wildman–Crippen LogP) is 0.139. The van der Waals surface area contributed by atoms with Crippen LogP contribution in [0, 0.1) is 13.1 Å². The second-order valence-electron chi connectivity index (χ2n) is 1.23. The van der Waals surface area contributed by atoms with Crippen molar-refractivity contribution < 1.29 is 0 Å². The van der Waals surface area contributed by atoms with E-state index in [4.69, 9.17) is 0 Å². The molecule has 0 unspecified atom stereocenters. The second-order valence-corrected chi connectivity index (χ2v) is 1.23. The van der Waals surface area contributed by atoms with Crippen LogP contribution in [-0.2, 0) is 0 Å². The highest BCUT2D eigenvalue weighted by Crippen LogP contribution is 1.88. The molecule has 0 saturated heterocycles. The first-order chi connectivity index (χ1) is 3.35. The summed E-state index contributed by atoms with van der Waals surface area (Å²) < 4.78 is 0. The molecule has 42 valence electrons. The van der Waals surface area contributed by atoms with E-state index < -0.39 is 0 Å². The monoisotopic (exact) mass is 100 g/mol. The molecule has 0 saturated carbocycles. The highest BCUT2D eigenvalue weighted by molar-refractivity contribution is 4.79. The maximum absolute atomic E-state index is 3.67. The highest BCUT2D eigenvalue weighted by atomic mass is 15.1. The van der Waals surface area contributed by atoms with Crippen molar-refractivity contribution in [1.29, 1.82) is 0 Å². The Balaban J connectivity index is 2.99. The summed E-state index contributed by atoms with van der Waals surface area (Å²) in [6.45, 7) is 3.67. The van der Waals surface area contributed by atoms with Crippen LogP contribution in [0.15, 0.2) is 0 Å². The van der Waals surface area contributed by atoms with Gasteiger partial charge in [-0.25, -0.2) is 0 Å².